The van der Waals surface area contributed by atoms with Crippen molar-refractivity contribution in [2.75, 3.05) is 24.9 Å². The zero-order valence-electron chi connectivity index (χ0n) is 19.8. The second kappa shape index (κ2) is 10.5. The Labute approximate surface area is 206 Å². The Kier molecular flexibility index (Phi) is 7.05. The van der Waals surface area contributed by atoms with Gasteiger partial charge in [0.05, 0.1) is 25.4 Å². The van der Waals surface area contributed by atoms with Crippen LogP contribution in [0, 0.1) is 6.92 Å². The number of hydrogen-bond donors (Lipinski definition) is 4. The predicted octanol–water partition coefficient (Wildman–Crippen LogP) is 5.41. The fourth-order valence-electron chi connectivity index (χ4n) is 3.49. The third-order valence-corrected chi connectivity index (χ3v) is 5.16. The first-order chi connectivity index (χ1) is 17.4. The SMILES string of the molecule is COc1cc2nccc(Oc3ccc(NC(=O)NC(=O)Nc4cccc(C)c4)c(O)c3)c2cc1OC. The number of phenolic OH excluding ortho intramolecular Hbond substituents is 1. The highest BCUT2D eigenvalue weighted by Gasteiger charge is 2.14. The number of anilines is 2. The van der Waals surface area contributed by atoms with Gasteiger partial charge >= 0.3 is 12.1 Å². The van der Waals surface area contributed by atoms with E-state index in [4.69, 9.17) is 14.2 Å². The van der Waals surface area contributed by atoms with E-state index in [9.17, 15) is 14.7 Å². The van der Waals surface area contributed by atoms with E-state index >= 15 is 0 Å². The summed E-state index contributed by atoms with van der Waals surface area (Å²) in [6.07, 6.45) is 1.59. The topological polar surface area (TPSA) is 131 Å². The van der Waals surface area contributed by atoms with E-state index in [1.54, 1.807) is 55.8 Å². The number of aromatic nitrogens is 1. The van der Waals surface area contributed by atoms with Gasteiger partial charge in [0.25, 0.3) is 0 Å². The van der Waals surface area contributed by atoms with Gasteiger partial charge in [0.2, 0.25) is 0 Å². The number of rotatable bonds is 6. The number of benzene rings is 3. The van der Waals surface area contributed by atoms with Crippen LogP contribution in [0.5, 0.6) is 28.7 Å². The number of imide groups is 1. The molecule has 0 spiro atoms. The number of nitrogens with one attached hydrogen (secondary N) is 3. The van der Waals surface area contributed by atoms with Crippen molar-refractivity contribution in [3.05, 3.63) is 72.4 Å². The molecule has 0 aliphatic carbocycles. The highest BCUT2D eigenvalue weighted by molar-refractivity contribution is 6.05. The van der Waals surface area contributed by atoms with Crippen LogP contribution in [-0.4, -0.2) is 36.4 Å². The van der Waals surface area contributed by atoms with Crippen LogP contribution < -0.4 is 30.2 Å². The van der Waals surface area contributed by atoms with Crippen LogP contribution >= 0.6 is 0 Å². The van der Waals surface area contributed by atoms with Crippen molar-refractivity contribution in [3.8, 4) is 28.7 Å². The molecular weight excluding hydrogens is 464 g/mol. The van der Waals surface area contributed by atoms with Crippen LogP contribution in [0.2, 0.25) is 0 Å². The second-order valence-corrected chi connectivity index (χ2v) is 7.72. The maximum atomic E-state index is 12.2. The molecule has 4 amide bonds. The Morgan fingerprint density at radius 1 is 0.861 bits per heavy atom. The Hall–Kier alpha value is -4.99. The summed E-state index contributed by atoms with van der Waals surface area (Å²) in [6.45, 7) is 1.89. The number of hydrogen-bond acceptors (Lipinski definition) is 7. The first-order valence-electron chi connectivity index (χ1n) is 10.8. The van der Waals surface area contributed by atoms with E-state index in [1.807, 2.05) is 13.0 Å². The summed E-state index contributed by atoms with van der Waals surface area (Å²) in [5.41, 5.74) is 2.23. The van der Waals surface area contributed by atoms with Crippen LogP contribution in [0.4, 0.5) is 21.0 Å². The molecule has 0 aliphatic heterocycles. The summed E-state index contributed by atoms with van der Waals surface area (Å²) >= 11 is 0. The normalized spacial score (nSPS) is 10.4. The number of carbonyl (C=O) groups is 2. The Morgan fingerprint density at radius 3 is 2.33 bits per heavy atom. The molecule has 0 fully saturated rings. The number of phenols is 1. The van der Waals surface area contributed by atoms with Crippen molar-refractivity contribution in [2.24, 2.45) is 0 Å². The number of methoxy groups -OCH3 is 2. The number of urea groups is 2. The van der Waals surface area contributed by atoms with Gasteiger partial charge in [-0.1, -0.05) is 12.1 Å². The monoisotopic (exact) mass is 488 g/mol. The fourth-order valence-corrected chi connectivity index (χ4v) is 3.49. The summed E-state index contributed by atoms with van der Waals surface area (Å²) in [5, 5.41) is 18.2. The molecule has 184 valence electrons. The average Bonchev–Trinajstić information content (AvgIpc) is 2.85. The van der Waals surface area contributed by atoms with Crippen LogP contribution in [-0.2, 0) is 0 Å². The molecular formula is C26H24N4O6. The zero-order valence-corrected chi connectivity index (χ0v) is 19.8. The van der Waals surface area contributed by atoms with E-state index in [-0.39, 0.29) is 11.4 Å². The molecule has 0 unspecified atom stereocenters. The third-order valence-electron chi connectivity index (χ3n) is 5.16. The molecule has 0 bridgehead atoms. The number of aryl methyl sites for hydroxylation is 1. The molecule has 4 aromatic rings. The number of pyridine rings is 1. The molecule has 0 saturated heterocycles. The van der Waals surface area contributed by atoms with Crippen molar-refractivity contribution in [3.63, 3.8) is 0 Å². The van der Waals surface area contributed by atoms with Gasteiger partial charge in [-0.3, -0.25) is 10.3 Å². The molecule has 0 radical (unpaired) electrons. The van der Waals surface area contributed by atoms with Crippen LogP contribution in [0.3, 0.4) is 0 Å². The summed E-state index contributed by atoms with van der Waals surface area (Å²) in [4.78, 5) is 28.6. The zero-order chi connectivity index (χ0) is 25.7. The highest BCUT2D eigenvalue weighted by atomic mass is 16.5. The van der Waals surface area contributed by atoms with Gasteiger partial charge in [0, 0.05) is 29.4 Å². The number of ether oxygens (including phenoxy) is 3. The molecule has 10 heteroatoms. The molecule has 4 rings (SSSR count). The van der Waals surface area contributed by atoms with Gasteiger partial charge in [-0.05, 0) is 48.9 Å². The molecule has 0 saturated carbocycles. The number of amides is 4. The van der Waals surface area contributed by atoms with Gasteiger partial charge in [-0.15, -0.1) is 0 Å². The minimum absolute atomic E-state index is 0.0918. The summed E-state index contributed by atoms with van der Waals surface area (Å²) in [7, 11) is 3.08. The predicted molar refractivity (Wildman–Crippen MR) is 135 cm³/mol. The van der Waals surface area contributed by atoms with E-state index < -0.39 is 12.1 Å². The Balaban J connectivity index is 1.44. The lowest BCUT2D eigenvalue weighted by Gasteiger charge is -2.13. The van der Waals surface area contributed by atoms with Gasteiger partial charge in [-0.25, -0.2) is 9.59 Å². The minimum Gasteiger partial charge on any atom is -0.506 e. The quantitative estimate of drug-likeness (QED) is 0.267. The summed E-state index contributed by atoms with van der Waals surface area (Å²) in [5.74, 6) is 1.60. The highest BCUT2D eigenvalue weighted by Crippen LogP contribution is 2.38. The van der Waals surface area contributed by atoms with Crippen LogP contribution in [0.25, 0.3) is 10.9 Å². The number of carbonyl (C=O) groups excluding carboxylic acids is 2. The van der Waals surface area contributed by atoms with Gasteiger partial charge < -0.3 is 30.0 Å². The molecule has 3 aromatic carbocycles. The van der Waals surface area contributed by atoms with Gasteiger partial charge in [-0.2, -0.15) is 0 Å². The number of fused-ring (bicyclic) bond motifs is 1. The average molecular weight is 489 g/mol. The molecule has 0 atom stereocenters. The first kappa shape index (κ1) is 24.1. The van der Waals surface area contributed by atoms with Crippen molar-refractivity contribution >= 4 is 34.3 Å². The Morgan fingerprint density at radius 2 is 1.61 bits per heavy atom. The van der Waals surface area contributed by atoms with Crippen molar-refractivity contribution in [1.82, 2.24) is 10.3 Å². The summed E-state index contributed by atoms with van der Waals surface area (Å²) < 4.78 is 16.6. The minimum atomic E-state index is -0.815. The molecule has 1 heterocycles. The summed E-state index contributed by atoms with van der Waals surface area (Å²) in [6, 6.07) is 15.1. The lowest BCUT2D eigenvalue weighted by Crippen LogP contribution is -2.37. The molecule has 36 heavy (non-hydrogen) atoms. The lowest BCUT2D eigenvalue weighted by molar-refractivity contribution is 0.240. The Bertz CT molecular complexity index is 1440. The van der Waals surface area contributed by atoms with Gasteiger partial charge in [0.1, 0.15) is 17.2 Å². The van der Waals surface area contributed by atoms with Crippen molar-refractivity contribution in [2.45, 2.75) is 6.92 Å². The maximum Gasteiger partial charge on any atom is 0.327 e. The maximum absolute atomic E-state index is 12.2. The van der Waals surface area contributed by atoms with E-state index in [2.05, 4.69) is 20.9 Å². The number of nitrogens with zero attached hydrogens (tertiary/aromatic N) is 1. The smallest absolute Gasteiger partial charge is 0.327 e. The standard InChI is InChI=1S/C26H24N4O6/c1-15-5-4-6-16(11-15)28-25(32)30-26(33)29-19-8-7-17(12-21(19)31)36-22-9-10-27-20-14-24(35-3)23(34-2)13-18(20)22/h4-14,31H,1-3H3,(H3,28,29,30,32,33). The van der Waals surface area contributed by atoms with Crippen LogP contribution in [0.1, 0.15) is 5.56 Å². The molecule has 10 nitrogen and oxygen atoms in total. The fraction of sp³-hybridized carbons (Fsp3) is 0.115. The lowest BCUT2D eigenvalue weighted by atomic mass is 10.2. The van der Waals surface area contributed by atoms with E-state index in [1.165, 1.54) is 19.2 Å². The first-order valence-corrected chi connectivity index (χ1v) is 10.8. The molecule has 4 N–H and O–H groups in total. The van der Waals surface area contributed by atoms with Crippen LogP contribution in [0.15, 0.2) is 66.9 Å². The molecule has 0 aliphatic rings. The van der Waals surface area contributed by atoms with E-state index in [0.717, 1.165) is 5.56 Å². The van der Waals surface area contributed by atoms with E-state index in [0.29, 0.717) is 39.6 Å². The van der Waals surface area contributed by atoms with Gasteiger partial charge in [0.15, 0.2) is 11.5 Å². The third kappa shape index (κ3) is 5.55. The number of aromatic hydroxyl groups is 1. The second-order valence-electron chi connectivity index (χ2n) is 7.72. The van der Waals surface area contributed by atoms with Crippen molar-refractivity contribution < 1.29 is 28.9 Å². The largest absolute Gasteiger partial charge is 0.506 e. The van der Waals surface area contributed by atoms with Crippen molar-refractivity contribution in [1.29, 1.82) is 0 Å². The molecule has 1 aromatic heterocycles.